The Hall–Kier alpha value is -1.72. The van der Waals surface area contributed by atoms with Gasteiger partial charge < -0.3 is 5.32 Å². The number of hydrogen-bond acceptors (Lipinski definition) is 7. The highest BCUT2D eigenvalue weighted by Gasteiger charge is 2.28. The SMILES string of the molecule is O=C(CSc1ncnc2ccsc12)Nc1ccc(Cl)c(S(=O)(=O)N2CCCCC2)c1. The van der Waals surface area contributed by atoms with Crippen molar-refractivity contribution in [2.75, 3.05) is 24.2 Å². The van der Waals surface area contributed by atoms with E-state index in [4.69, 9.17) is 11.6 Å². The number of rotatable bonds is 6. The number of halogens is 1. The molecule has 3 aromatic rings. The minimum atomic E-state index is -3.69. The first-order chi connectivity index (χ1) is 14.4. The van der Waals surface area contributed by atoms with Crippen molar-refractivity contribution in [3.8, 4) is 0 Å². The second-order valence-corrected chi connectivity index (χ2v) is 11.0. The zero-order chi connectivity index (χ0) is 21.1. The van der Waals surface area contributed by atoms with Crippen molar-refractivity contribution in [3.63, 3.8) is 0 Å². The Morgan fingerprint density at radius 1 is 1.20 bits per heavy atom. The van der Waals surface area contributed by atoms with Crippen molar-refractivity contribution in [1.82, 2.24) is 14.3 Å². The normalized spacial score (nSPS) is 15.4. The predicted molar refractivity (Wildman–Crippen MR) is 121 cm³/mol. The molecule has 30 heavy (non-hydrogen) atoms. The summed E-state index contributed by atoms with van der Waals surface area (Å²) in [6, 6.07) is 6.43. The van der Waals surface area contributed by atoms with Gasteiger partial charge in [-0.3, -0.25) is 4.79 Å². The summed E-state index contributed by atoms with van der Waals surface area (Å²) in [4.78, 5) is 20.9. The molecule has 0 saturated carbocycles. The zero-order valence-electron chi connectivity index (χ0n) is 15.9. The average Bonchev–Trinajstić information content (AvgIpc) is 3.23. The number of amides is 1. The standard InChI is InChI=1S/C19H19ClN4O3S3/c20-14-5-4-13(10-16(14)30(26,27)24-7-2-1-3-8-24)23-17(25)11-29-19-18-15(6-9-28-18)21-12-22-19/h4-6,9-10,12H,1-3,7-8,11H2,(H,23,25). The third-order valence-corrected chi connectivity index (χ3v) is 9.11. The molecule has 1 fully saturated rings. The van der Waals surface area contributed by atoms with Crippen molar-refractivity contribution in [1.29, 1.82) is 0 Å². The second-order valence-electron chi connectivity index (χ2n) is 6.76. The summed E-state index contributed by atoms with van der Waals surface area (Å²) in [6.45, 7) is 0.976. The lowest BCUT2D eigenvalue weighted by Gasteiger charge is -2.26. The largest absolute Gasteiger partial charge is 0.325 e. The molecule has 1 amide bonds. The van der Waals surface area contributed by atoms with E-state index in [-0.39, 0.29) is 21.6 Å². The number of carbonyl (C=O) groups is 1. The predicted octanol–water partition coefficient (Wildman–Crippen LogP) is 4.25. The molecule has 1 aliphatic rings. The molecule has 3 heterocycles. The molecular formula is C19H19ClN4O3S3. The Kier molecular flexibility index (Phi) is 6.59. The van der Waals surface area contributed by atoms with E-state index in [0.717, 1.165) is 34.5 Å². The Morgan fingerprint density at radius 2 is 2.00 bits per heavy atom. The van der Waals surface area contributed by atoms with Crippen molar-refractivity contribution in [3.05, 3.63) is 41.0 Å². The van der Waals surface area contributed by atoms with Crippen LogP contribution in [0.2, 0.25) is 5.02 Å². The number of piperidine rings is 1. The molecule has 158 valence electrons. The van der Waals surface area contributed by atoms with Gasteiger partial charge in [0.05, 0.1) is 21.0 Å². The highest BCUT2D eigenvalue weighted by Crippen LogP contribution is 2.31. The van der Waals surface area contributed by atoms with Gasteiger partial charge in [0.2, 0.25) is 15.9 Å². The van der Waals surface area contributed by atoms with Crippen LogP contribution in [-0.2, 0) is 14.8 Å². The van der Waals surface area contributed by atoms with Gasteiger partial charge in [-0.25, -0.2) is 18.4 Å². The molecule has 0 aliphatic carbocycles. The maximum atomic E-state index is 13.0. The number of aromatic nitrogens is 2. The third-order valence-electron chi connectivity index (χ3n) is 4.70. The molecule has 1 saturated heterocycles. The molecule has 7 nitrogen and oxygen atoms in total. The summed E-state index contributed by atoms with van der Waals surface area (Å²) >= 11 is 9.02. The lowest BCUT2D eigenvalue weighted by Crippen LogP contribution is -2.35. The van der Waals surface area contributed by atoms with E-state index < -0.39 is 10.0 Å². The van der Waals surface area contributed by atoms with E-state index in [1.54, 1.807) is 6.07 Å². The minimum Gasteiger partial charge on any atom is -0.325 e. The molecule has 0 spiro atoms. The Balaban J connectivity index is 1.46. The quantitative estimate of drug-likeness (QED) is 0.417. The molecule has 0 atom stereocenters. The molecule has 4 rings (SSSR count). The second kappa shape index (κ2) is 9.19. The summed E-state index contributed by atoms with van der Waals surface area (Å²) in [5, 5.41) is 5.58. The van der Waals surface area contributed by atoms with E-state index in [1.807, 2.05) is 11.4 Å². The number of nitrogens with zero attached hydrogens (tertiary/aromatic N) is 3. The molecule has 1 aliphatic heterocycles. The first-order valence-electron chi connectivity index (χ1n) is 9.36. The van der Waals surface area contributed by atoms with Gasteiger partial charge >= 0.3 is 0 Å². The zero-order valence-corrected chi connectivity index (χ0v) is 19.1. The molecule has 2 aromatic heterocycles. The van der Waals surface area contributed by atoms with Crippen LogP contribution < -0.4 is 5.32 Å². The van der Waals surface area contributed by atoms with E-state index >= 15 is 0 Å². The van der Waals surface area contributed by atoms with E-state index in [1.165, 1.54) is 45.9 Å². The Labute approximate surface area is 187 Å². The number of anilines is 1. The van der Waals surface area contributed by atoms with Gasteiger partial charge in [0.15, 0.2) is 0 Å². The number of hydrogen-bond donors (Lipinski definition) is 1. The van der Waals surface area contributed by atoms with Gasteiger partial charge in [0, 0.05) is 18.8 Å². The average molecular weight is 483 g/mol. The molecule has 11 heteroatoms. The minimum absolute atomic E-state index is 0.0209. The van der Waals surface area contributed by atoms with Gasteiger partial charge in [-0.1, -0.05) is 29.8 Å². The third kappa shape index (κ3) is 4.62. The van der Waals surface area contributed by atoms with E-state index in [9.17, 15) is 13.2 Å². The van der Waals surface area contributed by atoms with Crippen molar-refractivity contribution < 1.29 is 13.2 Å². The van der Waals surface area contributed by atoms with Crippen molar-refractivity contribution >= 4 is 66.5 Å². The fourth-order valence-electron chi connectivity index (χ4n) is 3.22. The highest BCUT2D eigenvalue weighted by molar-refractivity contribution is 8.00. The summed E-state index contributed by atoms with van der Waals surface area (Å²) < 4.78 is 28.3. The summed E-state index contributed by atoms with van der Waals surface area (Å²) in [6.07, 6.45) is 4.18. The number of thiophene rings is 1. The van der Waals surface area contributed by atoms with Crippen LogP contribution >= 0.6 is 34.7 Å². The van der Waals surface area contributed by atoms with Crippen LogP contribution in [0.15, 0.2) is 45.9 Å². The topological polar surface area (TPSA) is 92.3 Å². The number of fused-ring (bicyclic) bond motifs is 1. The lowest BCUT2D eigenvalue weighted by atomic mass is 10.2. The molecule has 0 unspecified atom stereocenters. The smallest absolute Gasteiger partial charge is 0.244 e. The van der Waals surface area contributed by atoms with Gasteiger partial charge in [-0.2, -0.15) is 4.31 Å². The van der Waals surface area contributed by atoms with Crippen molar-refractivity contribution in [2.24, 2.45) is 0 Å². The molecule has 0 bridgehead atoms. The Bertz CT molecular complexity index is 1180. The van der Waals surface area contributed by atoms with Crippen molar-refractivity contribution in [2.45, 2.75) is 29.2 Å². The Morgan fingerprint density at radius 3 is 2.80 bits per heavy atom. The summed E-state index contributed by atoms with van der Waals surface area (Å²) in [5.74, 6) is -0.118. The monoisotopic (exact) mass is 482 g/mol. The number of thioether (sulfide) groups is 1. The number of sulfonamides is 1. The molecular weight excluding hydrogens is 464 g/mol. The fraction of sp³-hybridized carbons (Fsp3) is 0.316. The number of nitrogens with one attached hydrogen (secondary N) is 1. The summed E-state index contributed by atoms with van der Waals surface area (Å²) in [7, 11) is -3.69. The molecule has 1 N–H and O–H groups in total. The van der Waals surface area contributed by atoms with Crippen LogP contribution in [0.25, 0.3) is 10.2 Å². The fourth-order valence-corrected chi connectivity index (χ4v) is 6.99. The van der Waals surface area contributed by atoms with Crippen LogP contribution in [0.5, 0.6) is 0 Å². The van der Waals surface area contributed by atoms with Crippen LogP contribution in [0, 0.1) is 0 Å². The number of benzene rings is 1. The first-order valence-corrected chi connectivity index (χ1v) is 13.0. The van der Waals surface area contributed by atoms with Crippen LogP contribution in [0.1, 0.15) is 19.3 Å². The van der Waals surface area contributed by atoms with Gasteiger partial charge in [0.1, 0.15) is 16.2 Å². The summed E-state index contributed by atoms with van der Waals surface area (Å²) in [5.41, 5.74) is 1.24. The van der Waals surface area contributed by atoms with Crippen LogP contribution in [-0.4, -0.2) is 47.4 Å². The lowest BCUT2D eigenvalue weighted by molar-refractivity contribution is -0.113. The number of carbonyl (C=O) groups excluding carboxylic acids is 1. The van der Waals surface area contributed by atoms with Gasteiger partial charge in [-0.15, -0.1) is 11.3 Å². The molecule has 0 radical (unpaired) electrons. The van der Waals surface area contributed by atoms with Crippen LogP contribution in [0.3, 0.4) is 0 Å². The highest BCUT2D eigenvalue weighted by atomic mass is 35.5. The first kappa shape index (κ1) is 21.5. The van der Waals surface area contributed by atoms with E-state index in [2.05, 4.69) is 15.3 Å². The van der Waals surface area contributed by atoms with Gasteiger partial charge in [0.25, 0.3) is 0 Å². The van der Waals surface area contributed by atoms with Crippen LogP contribution in [0.4, 0.5) is 5.69 Å². The maximum Gasteiger partial charge on any atom is 0.244 e. The maximum absolute atomic E-state index is 13.0. The van der Waals surface area contributed by atoms with Gasteiger partial charge in [-0.05, 0) is 42.5 Å². The molecule has 1 aromatic carbocycles. The van der Waals surface area contributed by atoms with E-state index in [0.29, 0.717) is 18.8 Å².